The predicted octanol–water partition coefficient (Wildman–Crippen LogP) is 3.65. The summed E-state index contributed by atoms with van der Waals surface area (Å²) in [4.78, 5) is 4.57. The molecule has 0 atom stereocenters. The minimum Gasteiger partial charge on any atom is -0.228 e. The van der Waals surface area contributed by atoms with Crippen LogP contribution in [0, 0.1) is 5.95 Å². The first-order valence-corrected chi connectivity index (χ1v) is 6.01. The molecule has 1 nitrogen and oxygen atoms in total. The molecule has 0 radical (unpaired) electrons. The molecule has 0 unspecified atom stereocenters. The zero-order chi connectivity index (χ0) is 9.80. The Balaban J connectivity index is 1.95. The zero-order valence-electron chi connectivity index (χ0n) is 8.08. The number of halogens is 1. The largest absolute Gasteiger partial charge is 0.228 e. The van der Waals surface area contributed by atoms with Gasteiger partial charge in [0.05, 0.1) is 0 Å². The number of thioether (sulfide) groups is 1. The highest BCUT2D eigenvalue weighted by molar-refractivity contribution is 8.00. The molecule has 0 spiro atoms. The van der Waals surface area contributed by atoms with Gasteiger partial charge in [-0.3, -0.25) is 0 Å². The highest BCUT2D eigenvalue weighted by Gasteiger charge is 2.14. The Morgan fingerprint density at radius 1 is 1.29 bits per heavy atom. The number of hydrogen-bond acceptors (Lipinski definition) is 2. The Labute approximate surface area is 88.1 Å². The van der Waals surface area contributed by atoms with Crippen molar-refractivity contribution in [3.63, 3.8) is 0 Å². The van der Waals surface area contributed by atoms with Crippen LogP contribution in [0.4, 0.5) is 4.39 Å². The summed E-state index contributed by atoms with van der Waals surface area (Å²) in [7, 11) is 0. The zero-order valence-corrected chi connectivity index (χ0v) is 8.89. The molecular weight excluding hydrogens is 197 g/mol. The van der Waals surface area contributed by atoms with Gasteiger partial charge in [-0.05, 0) is 18.9 Å². The average Bonchev–Trinajstić information content (AvgIpc) is 2.19. The second-order valence-electron chi connectivity index (χ2n) is 3.69. The molecule has 2 rings (SSSR count). The first kappa shape index (κ1) is 9.97. The van der Waals surface area contributed by atoms with Crippen LogP contribution >= 0.6 is 11.8 Å². The van der Waals surface area contributed by atoms with Crippen molar-refractivity contribution in [3.8, 4) is 0 Å². The predicted molar refractivity (Wildman–Crippen MR) is 56.9 cm³/mol. The van der Waals surface area contributed by atoms with Crippen molar-refractivity contribution in [1.29, 1.82) is 0 Å². The van der Waals surface area contributed by atoms with E-state index in [-0.39, 0.29) is 5.95 Å². The van der Waals surface area contributed by atoms with E-state index < -0.39 is 0 Å². The van der Waals surface area contributed by atoms with E-state index in [2.05, 4.69) is 4.98 Å². The van der Waals surface area contributed by atoms with Crippen LogP contribution in [0.15, 0.2) is 23.2 Å². The fourth-order valence-electron chi connectivity index (χ4n) is 1.83. The summed E-state index contributed by atoms with van der Waals surface area (Å²) < 4.78 is 12.8. The van der Waals surface area contributed by atoms with E-state index in [9.17, 15) is 4.39 Å². The van der Waals surface area contributed by atoms with Crippen molar-refractivity contribution in [1.82, 2.24) is 4.98 Å². The van der Waals surface area contributed by atoms with E-state index in [0.717, 1.165) is 4.90 Å². The van der Waals surface area contributed by atoms with Crippen LogP contribution in [0.5, 0.6) is 0 Å². The van der Waals surface area contributed by atoms with Crippen LogP contribution in [-0.4, -0.2) is 10.2 Å². The van der Waals surface area contributed by atoms with Crippen LogP contribution < -0.4 is 0 Å². The smallest absolute Gasteiger partial charge is 0.213 e. The highest BCUT2D eigenvalue weighted by atomic mass is 32.2. The molecule has 1 aromatic heterocycles. The summed E-state index contributed by atoms with van der Waals surface area (Å²) in [5, 5.41) is 0.686. The van der Waals surface area contributed by atoms with Gasteiger partial charge in [-0.25, -0.2) is 4.98 Å². The molecule has 1 saturated carbocycles. The number of nitrogens with zero attached hydrogens (tertiary/aromatic N) is 1. The highest BCUT2D eigenvalue weighted by Crippen LogP contribution is 2.33. The summed E-state index contributed by atoms with van der Waals surface area (Å²) in [6.07, 6.45) is 8.10. The summed E-state index contributed by atoms with van der Waals surface area (Å²) in [6, 6.07) is 3.42. The van der Waals surface area contributed by atoms with Crippen LogP contribution in [-0.2, 0) is 0 Å². The lowest BCUT2D eigenvalue weighted by Crippen LogP contribution is -2.07. The quantitative estimate of drug-likeness (QED) is 0.693. The Kier molecular flexibility index (Phi) is 3.40. The SMILES string of the molecule is Fc1cc(SC2CCCCC2)ccn1. The van der Waals surface area contributed by atoms with Gasteiger partial charge in [-0.15, -0.1) is 11.8 Å². The molecule has 1 aromatic rings. The van der Waals surface area contributed by atoms with Crippen molar-refractivity contribution < 1.29 is 4.39 Å². The molecule has 0 bridgehead atoms. The molecule has 0 aromatic carbocycles. The van der Waals surface area contributed by atoms with Gasteiger partial charge in [0.25, 0.3) is 0 Å². The Morgan fingerprint density at radius 2 is 2.07 bits per heavy atom. The second kappa shape index (κ2) is 4.78. The third-order valence-corrected chi connectivity index (χ3v) is 3.88. The van der Waals surface area contributed by atoms with E-state index >= 15 is 0 Å². The average molecular weight is 211 g/mol. The van der Waals surface area contributed by atoms with E-state index in [1.165, 1.54) is 38.2 Å². The molecule has 1 aliphatic rings. The number of aromatic nitrogens is 1. The van der Waals surface area contributed by atoms with Gasteiger partial charge in [0, 0.05) is 22.4 Å². The Hall–Kier alpha value is -0.570. The van der Waals surface area contributed by atoms with Crippen molar-refractivity contribution in [3.05, 3.63) is 24.3 Å². The van der Waals surface area contributed by atoms with E-state index in [4.69, 9.17) is 0 Å². The Morgan fingerprint density at radius 3 is 2.79 bits per heavy atom. The maximum Gasteiger partial charge on any atom is 0.213 e. The van der Waals surface area contributed by atoms with Gasteiger partial charge >= 0.3 is 0 Å². The summed E-state index contributed by atoms with van der Waals surface area (Å²) in [5.74, 6) is -0.370. The van der Waals surface area contributed by atoms with Gasteiger partial charge < -0.3 is 0 Å². The third kappa shape index (κ3) is 2.71. The Bertz CT molecular complexity index is 297. The minimum atomic E-state index is -0.370. The molecule has 76 valence electrons. The minimum absolute atomic E-state index is 0.370. The van der Waals surface area contributed by atoms with Crippen LogP contribution in [0.1, 0.15) is 32.1 Å². The normalized spacial score (nSPS) is 18.4. The first-order valence-electron chi connectivity index (χ1n) is 5.13. The summed E-state index contributed by atoms with van der Waals surface area (Å²) in [6.45, 7) is 0. The van der Waals surface area contributed by atoms with Crippen LogP contribution in [0.25, 0.3) is 0 Å². The van der Waals surface area contributed by atoms with E-state index in [1.54, 1.807) is 18.0 Å². The van der Waals surface area contributed by atoms with Crippen LogP contribution in [0.3, 0.4) is 0 Å². The van der Waals surface area contributed by atoms with Gasteiger partial charge in [-0.1, -0.05) is 19.3 Å². The standard InChI is InChI=1S/C11H14FNS/c12-11-8-10(6-7-13-11)14-9-4-2-1-3-5-9/h6-9H,1-5H2. The fourth-order valence-corrected chi connectivity index (χ4v) is 3.09. The van der Waals surface area contributed by atoms with Gasteiger partial charge in [-0.2, -0.15) is 4.39 Å². The monoisotopic (exact) mass is 211 g/mol. The molecular formula is C11H14FNS. The molecule has 3 heteroatoms. The van der Waals surface area contributed by atoms with Crippen molar-refractivity contribution in [2.24, 2.45) is 0 Å². The third-order valence-electron chi connectivity index (χ3n) is 2.55. The molecule has 0 amide bonds. The van der Waals surface area contributed by atoms with Crippen molar-refractivity contribution >= 4 is 11.8 Å². The maximum atomic E-state index is 12.8. The lowest BCUT2D eigenvalue weighted by Gasteiger charge is -2.20. The molecule has 0 aliphatic heterocycles. The van der Waals surface area contributed by atoms with Gasteiger partial charge in [0.2, 0.25) is 5.95 Å². The topological polar surface area (TPSA) is 12.9 Å². The maximum absolute atomic E-state index is 12.8. The number of rotatable bonds is 2. The van der Waals surface area contributed by atoms with Crippen LogP contribution in [0.2, 0.25) is 0 Å². The van der Waals surface area contributed by atoms with Gasteiger partial charge in [0.1, 0.15) is 0 Å². The second-order valence-corrected chi connectivity index (χ2v) is 5.07. The van der Waals surface area contributed by atoms with E-state index in [1.807, 2.05) is 6.07 Å². The molecule has 0 saturated heterocycles. The first-order chi connectivity index (χ1) is 6.84. The fraction of sp³-hybridized carbons (Fsp3) is 0.545. The summed E-state index contributed by atoms with van der Waals surface area (Å²) in [5.41, 5.74) is 0. The summed E-state index contributed by atoms with van der Waals surface area (Å²) >= 11 is 1.80. The van der Waals surface area contributed by atoms with Crippen molar-refractivity contribution in [2.75, 3.05) is 0 Å². The molecule has 1 aliphatic carbocycles. The van der Waals surface area contributed by atoms with E-state index in [0.29, 0.717) is 5.25 Å². The van der Waals surface area contributed by atoms with Crippen molar-refractivity contribution in [2.45, 2.75) is 42.2 Å². The molecule has 14 heavy (non-hydrogen) atoms. The molecule has 1 fully saturated rings. The number of hydrogen-bond donors (Lipinski definition) is 0. The number of pyridine rings is 1. The van der Waals surface area contributed by atoms with Gasteiger partial charge in [0.15, 0.2) is 0 Å². The molecule has 0 N–H and O–H groups in total. The lowest BCUT2D eigenvalue weighted by molar-refractivity contribution is 0.516. The molecule has 1 heterocycles. The lowest BCUT2D eigenvalue weighted by atomic mass is 10.0.